The van der Waals surface area contributed by atoms with E-state index in [0.29, 0.717) is 11.3 Å². The van der Waals surface area contributed by atoms with Gasteiger partial charge in [-0.1, -0.05) is 25.1 Å². The number of anilines is 1. The van der Waals surface area contributed by atoms with Crippen molar-refractivity contribution < 1.29 is 14.3 Å². The van der Waals surface area contributed by atoms with E-state index in [1.807, 2.05) is 44.2 Å². The van der Waals surface area contributed by atoms with Gasteiger partial charge in [0.15, 0.2) is 0 Å². The van der Waals surface area contributed by atoms with Gasteiger partial charge in [0.1, 0.15) is 5.69 Å². The second kappa shape index (κ2) is 7.45. The number of para-hydroxylation sites is 1. The van der Waals surface area contributed by atoms with Gasteiger partial charge in [-0.2, -0.15) is 0 Å². The molecule has 0 aliphatic rings. The number of aromatic amines is 1. The summed E-state index contributed by atoms with van der Waals surface area (Å²) in [5, 5.41) is 2.77. The molecule has 1 aromatic heterocycles. The van der Waals surface area contributed by atoms with Crippen LogP contribution in [0.5, 0.6) is 0 Å². The molecule has 2 rings (SSSR count). The summed E-state index contributed by atoms with van der Waals surface area (Å²) < 4.78 is 4.79. The standard InChI is InChI=1S/C18H20N2O3/c1-4-14-12(2)19-17(18(22)23-3)15(14)10-11-16(21)20-13-8-6-5-7-9-13/h5-11,19H,4H2,1-3H3,(H,20,21)/b11-10+. The van der Waals surface area contributed by atoms with E-state index < -0.39 is 5.97 Å². The quantitative estimate of drug-likeness (QED) is 0.657. The fourth-order valence-electron chi connectivity index (χ4n) is 2.45. The van der Waals surface area contributed by atoms with Crippen molar-refractivity contribution in [2.75, 3.05) is 12.4 Å². The average molecular weight is 312 g/mol. The van der Waals surface area contributed by atoms with Gasteiger partial charge < -0.3 is 15.0 Å². The second-order valence-electron chi connectivity index (χ2n) is 5.05. The summed E-state index contributed by atoms with van der Waals surface area (Å²) in [5.74, 6) is -0.705. The number of rotatable bonds is 5. The summed E-state index contributed by atoms with van der Waals surface area (Å²) in [4.78, 5) is 26.9. The molecule has 23 heavy (non-hydrogen) atoms. The van der Waals surface area contributed by atoms with Gasteiger partial charge in [-0.05, 0) is 37.1 Å². The number of benzene rings is 1. The molecule has 0 aliphatic carbocycles. The predicted molar refractivity (Wildman–Crippen MR) is 90.4 cm³/mol. The van der Waals surface area contributed by atoms with Crippen molar-refractivity contribution in [1.29, 1.82) is 0 Å². The number of methoxy groups -OCH3 is 1. The molecule has 1 heterocycles. The molecule has 0 bridgehead atoms. The van der Waals surface area contributed by atoms with Gasteiger partial charge in [-0.3, -0.25) is 4.79 Å². The van der Waals surface area contributed by atoms with Gasteiger partial charge in [-0.25, -0.2) is 4.79 Å². The Kier molecular flexibility index (Phi) is 5.36. The lowest BCUT2D eigenvalue weighted by atomic mass is 10.1. The lowest BCUT2D eigenvalue weighted by Gasteiger charge is -2.02. The lowest BCUT2D eigenvalue weighted by molar-refractivity contribution is -0.111. The molecule has 0 saturated carbocycles. The molecular weight excluding hydrogens is 292 g/mol. The fraction of sp³-hybridized carbons (Fsp3) is 0.222. The maximum atomic E-state index is 12.0. The zero-order valence-corrected chi connectivity index (χ0v) is 13.5. The number of hydrogen-bond donors (Lipinski definition) is 2. The summed E-state index contributed by atoms with van der Waals surface area (Å²) in [6.07, 6.45) is 3.81. The Hall–Kier alpha value is -2.82. The van der Waals surface area contributed by atoms with Crippen molar-refractivity contribution in [3.8, 4) is 0 Å². The summed E-state index contributed by atoms with van der Waals surface area (Å²) in [6, 6.07) is 9.19. The van der Waals surface area contributed by atoms with E-state index in [1.54, 1.807) is 6.08 Å². The summed E-state index contributed by atoms with van der Waals surface area (Å²) >= 11 is 0. The van der Waals surface area contributed by atoms with E-state index in [-0.39, 0.29) is 5.91 Å². The van der Waals surface area contributed by atoms with Crippen molar-refractivity contribution >= 4 is 23.6 Å². The first kappa shape index (κ1) is 16.5. The van der Waals surface area contributed by atoms with Crippen molar-refractivity contribution in [1.82, 2.24) is 4.98 Å². The largest absolute Gasteiger partial charge is 0.464 e. The summed E-state index contributed by atoms with van der Waals surface area (Å²) in [7, 11) is 1.33. The monoisotopic (exact) mass is 312 g/mol. The highest BCUT2D eigenvalue weighted by molar-refractivity contribution is 6.03. The Morgan fingerprint density at radius 2 is 1.96 bits per heavy atom. The van der Waals surface area contributed by atoms with E-state index in [2.05, 4.69) is 10.3 Å². The number of ether oxygens (including phenoxy) is 1. The van der Waals surface area contributed by atoms with E-state index in [1.165, 1.54) is 13.2 Å². The normalized spacial score (nSPS) is 10.7. The highest BCUT2D eigenvalue weighted by Crippen LogP contribution is 2.22. The Morgan fingerprint density at radius 1 is 1.26 bits per heavy atom. The van der Waals surface area contributed by atoms with Gasteiger partial charge in [-0.15, -0.1) is 0 Å². The Morgan fingerprint density at radius 3 is 2.57 bits per heavy atom. The second-order valence-corrected chi connectivity index (χ2v) is 5.05. The first-order chi connectivity index (χ1) is 11.1. The van der Waals surface area contributed by atoms with Crippen molar-refractivity contribution in [3.63, 3.8) is 0 Å². The van der Waals surface area contributed by atoms with E-state index >= 15 is 0 Å². The number of aromatic nitrogens is 1. The molecule has 5 heteroatoms. The summed E-state index contributed by atoms with van der Waals surface area (Å²) in [5.41, 5.74) is 3.67. The Labute approximate surface area is 135 Å². The third-order valence-electron chi connectivity index (χ3n) is 3.55. The SMILES string of the molecule is CCc1c(C)[nH]c(C(=O)OC)c1/C=C/C(=O)Nc1ccccc1. The maximum absolute atomic E-state index is 12.0. The van der Waals surface area contributed by atoms with Crippen LogP contribution in [0.1, 0.15) is 34.2 Å². The molecule has 0 aliphatic heterocycles. The predicted octanol–water partition coefficient (Wildman–Crippen LogP) is 3.32. The number of amides is 1. The minimum atomic E-state index is -0.448. The van der Waals surface area contributed by atoms with Crippen LogP contribution in [0.2, 0.25) is 0 Å². The maximum Gasteiger partial charge on any atom is 0.355 e. The topological polar surface area (TPSA) is 71.2 Å². The number of aryl methyl sites for hydroxylation is 1. The molecule has 1 amide bonds. The van der Waals surface area contributed by atoms with Gasteiger partial charge in [0.05, 0.1) is 7.11 Å². The van der Waals surface area contributed by atoms with Crippen LogP contribution in [0.3, 0.4) is 0 Å². The number of H-pyrrole nitrogens is 1. The molecule has 0 radical (unpaired) electrons. The van der Waals surface area contributed by atoms with Crippen molar-refractivity contribution in [3.05, 3.63) is 58.9 Å². The van der Waals surface area contributed by atoms with Gasteiger partial charge in [0.2, 0.25) is 5.91 Å². The number of hydrogen-bond acceptors (Lipinski definition) is 3. The number of esters is 1. The van der Waals surface area contributed by atoms with Crippen LogP contribution in [-0.4, -0.2) is 24.0 Å². The number of nitrogens with one attached hydrogen (secondary N) is 2. The minimum Gasteiger partial charge on any atom is -0.464 e. The number of carbonyl (C=O) groups excluding carboxylic acids is 2. The Balaban J connectivity index is 2.24. The van der Waals surface area contributed by atoms with Crippen LogP contribution < -0.4 is 5.32 Å². The zero-order chi connectivity index (χ0) is 16.8. The third-order valence-corrected chi connectivity index (χ3v) is 3.55. The van der Waals surface area contributed by atoms with Crippen LogP contribution in [0.25, 0.3) is 6.08 Å². The summed E-state index contributed by atoms with van der Waals surface area (Å²) in [6.45, 7) is 3.89. The van der Waals surface area contributed by atoms with Crippen LogP contribution in [-0.2, 0) is 16.0 Å². The first-order valence-electron chi connectivity index (χ1n) is 7.40. The molecule has 2 N–H and O–H groups in total. The van der Waals surface area contributed by atoms with Crippen LogP contribution >= 0.6 is 0 Å². The molecular formula is C18H20N2O3. The van der Waals surface area contributed by atoms with Crippen LogP contribution in [0.15, 0.2) is 36.4 Å². The van der Waals surface area contributed by atoms with E-state index in [9.17, 15) is 9.59 Å². The highest BCUT2D eigenvalue weighted by Gasteiger charge is 2.18. The van der Waals surface area contributed by atoms with E-state index in [4.69, 9.17) is 4.74 Å². The fourth-order valence-corrected chi connectivity index (χ4v) is 2.45. The molecule has 0 spiro atoms. The lowest BCUT2D eigenvalue weighted by Crippen LogP contribution is -2.08. The number of carbonyl (C=O) groups is 2. The van der Waals surface area contributed by atoms with Crippen LogP contribution in [0, 0.1) is 6.92 Å². The molecule has 0 unspecified atom stereocenters. The molecule has 0 fully saturated rings. The third kappa shape index (κ3) is 3.88. The molecule has 2 aromatic rings. The zero-order valence-electron chi connectivity index (χ0n) is 13.5. The minimum absolute atomic E-state index is 0.257. The molecule has 5 nitrogen and oxygen atoms in total. The molecule has 0 atom stereocenters. The average Bonchev–Trinajstić information content (AvgIpc) is 2.88. The van der Waals surface area contributed by atoms with Gasteiger partial charge >= 0.3 is 5.97 Å². The highest BCUT2D eigenvalue weighted by atomic mass is 16.5. The first-order valence-corrected chi connectivity index (χ1v) is 7.40. The Bertz CT molecular complexity index is 730. The van der Waals surface area contributed by atoms with E-state index in [0.717, 1.165) is 23.4 Å². The molecule has 120 valence electrons. The van der Waals surface area contributed by atoms with Gasteiger partial charge in [0, 0.05) is 23.0 Å². The van der Waals surface area contributed by atoms with Crippen LogP contribution in [0.4, 0.5) is 5.69 Å². The molecule has 1 aromatic carbocycles. The molecule has 0 saturated heterocycles. The van der Waals surface area contributed by atoms with Gasteiger partial charge in [0.25, 0.3) is 0 Å². The van der Waals surface area contributed by atoms with Crippen molar-refractivity contribution in [2.24, 2.45) is 0 Å². The van der Waals surface area contributed by atoms with Crippen molar-refractivity contribution in [2.45, 2.75) is 20.3 Å². The smallest absolute Gasteiger partial charge is 0.355 e.